The average molecular weight is 358 g/mol. The zero-order valence-corrected chi connectivity index (χ0v) is 14.1. The van der Waals surface area contributed by atoms with Gasteiger partial charge >= 0.3 is 5.97 Å². The third-order valence-electron chi connectivity index (χ3n) is 4.05. The highest BCUT2D eigenvalue weighted by atomic mass is 35.5. The summed E-state index contributed by atoms with van der Waals surface area (Å²) in [5.41, 5.74) is 2.10. The molecule has 1 N–H and O–H groups in total. The summed E-state index contributed by atoms with van der Waals surface area (Å²) in [6, 6.07) is 11.3. The quantitative estimate of drug-likeness (QED) is 0.855. The summed E-state index contributed by atoms with van der Waals surface area (Å²) in [5.74, 6) is -0.246. The molecule has 3 rings (SSSR count). The fraction of sp³-hybridized carbons (Fsp3) is 0.278. The molecule has 0 saturated carbocycles. The Morgan fingerprint density at radius 3 is 2.68 bits per heavy atom. The van der Waals surface area contributed by atoms with Crippen molar-refractivity contribution in [3.8, 4) is 11.8 Å². The SMILES string of the molecule is N#Cc1ncc(COc2ccc(CN3CC(C(=O)O)C3)cc2)cc1Cl. The summed E-state index contributed by atoms with van der Waals surface area (Å²) in [6.07, 6.45) is 1.57. The van der Waals surface area contributed by atoms with Crippen molar-refractivity contribution in [1.29, 1.82) is 5.26 Å². The Kier molecular flexibility index (Phi) is 5.17. The van der Waals surface area contributed by atoms with Gasteiger partial charge in [0.2, 0.25) is 0 Å². The molecular formula is C18H16ClN3O3. The molecule has 0 spiro atoms. The molecule has 1 fully saturated rings. The number of halogens is 1. The van der Waals surface area contributed by atoms with Gasteiger partial charge < -0.3 is 9.84 Å². The number of likely N-dealkylation sites (tertiary alicyclic amines) is 1. The van der Waals surface area contributed by atoms with Gasteiger partial charge in [0.15, 0.2) is 5.69 Å². The van der Waals surface area contributed by atoms with E-state index in [-0.39, 0.29) is 11.6 Å². The minimum absolute atomic E-state index is 0.200. The van der Waals surface area contributed by atoms with E-state index < -0.39 is 5.97 Å². The van der Waals surface area contributed by atoms with E-state index in [1.807, 2.05) is 30.3 Å². The van der Waals surface area contributed by atoms with Gasteiger partial charge in [-0.15, -0.1) is 0 Å². The molecule has 0 atom stereocenters. The lowest BCUT2D eigenvalue weighted by atomic mass is 10.00. The van der Waals surface area contributed by atoms with E-state index in [0.29, 0.717) is 24.7 Å². The Hall–Kier alpha value is -2.62. The van der Waals surface area contributed by atoms with Crippen molar-refractivity contribution in [1.82, 2.24) is 9.88 Å². The number of carboxylic acid groups (broad SMARTS) is 1. The van der Waals surface area contributed by atoms with Gasteiger partial charge in [-0.1, -0.05) is 23.7 Å². The molecule has 6 nitrogen and oxygen atoms in total. The number of benzene rings is 1. The minimum atomic E-state index is -0.725. The summed E-state index contributed by atoms with van der Waals surface area (Å²) in [6.45, 7) is 2.24. The molecule has 7 heteroatoms. The predicted octanol–water partition coefficient (Wildman–Crippen LogP) is 2.70. The summed E-state index contributed by atoms with van der Waals surface area (Å²) in [4.78, 5) is 16.9. The minimum Gasteiger partial charge on any atom is -0.489 e. The lowest BCUT2D eigenvalue weighted by Gasteiger charge is -2.36. The number of hydrogen-bond acceptors (Lipinski definition) is 5. The highest BCUT2D eigenvalue weighted by molar-refractivity contribution is 6.31. The lowest BCUT2D eigenvalue weighted by Crippen LogP contribution is -2.49. The molecule has 128 valence electrons. The maximum absolute atomic E-state index is 10.8. The molecule has 0 aliphatic carbocycles. The first-order valence-corrected chi connectivity index (χ1v) is 8.14. The number of rotatable bonds is 6. The summed E-state index contributed by atoms with van der Waals surface area (Å²) in [7, 11) is 0. The smallest absolute Gasteiger partial charge is 0.309 e. The van der Waals surface area contributed by atoms with E-state index in [9.17, 15) is 4.79 Å². The molecule has 0 amide bonds. The molecule has 1 saturated heterocycles. The van der Waals surface area contributed by atoms with Crippen molar-refractivity contribution >= 4 is 17.6 Å². The molecule has 1 aromatic carbocycles. The molecule has 1 aliphatic heterocycles. The molecule has 0 radical (unpaired) electrons. The van der Waals surface area contributed by atoms with Gasteiger partial charge in [-0.3, -0.25) is 9.69 Å². The topological polar surface area (TPSA) is 86.5 Å². The third-order valence-corrected chi connectivity index (χ3v) is 4.33. The Morgan fingerprint density at radius 2 is 2.08 bits per heavy atom. The Labute approximate surface area is 150 Å². The number of carboxylic acids is 1. The summed E-state index contributed by atoms with van der Waals surface area (Å²) >= 11 is 5.95. The van der Waals surface area contributed by atoms with Crippen LogP contribution in [0.5, 0.6) is 5.75 Å². The number of ether oxygens (including phenoxy) is 1. The highest BCUT2D eigenvalue weighted by Crippen LogP contribution is 2.21. The fourth-order valence-electron chi connectivity index (χ4n) is 2.61. The van der Waals surface area contributed by atoms with E-state index in [1.54, 1.807) is 12.3 Å². The number of aromatic nitrogens is 1. The fourth-order valence-corrected chi connectivity index (χ4v) is 2.84. The maximum atomic E-state index is 10.8. The zero-order valence-electron chi connectivity index (χ0n) is 13.4. The molecule has 2 aromatic rings. The van der Waals surface area contributed by atoms with Gasteiger partial charge in [0.05, 0.1) is 10.9 Å². The molecule has 25 heavy (non-hydrogen) atoms. The van der Waals surface area contributed by atoms with Crippen molar-refractivity contribution in [2.45, 2.75) is 13.2 Å². The Balaban J connectivity index is 1.50. The van der Waals surface area contributed by atoms with Crippen LogP contribution in [-0.2, 0) is 17.9 Å². The molecule has 1 aliphatic rings. The van der Waals surface area contributed by atoms with Crippen molar-refractivity contribution in [3.05, 3.63) is 58.4 Å². The normalized spacial score (nSPS) is 14.6. The Bertz CT molecular complexity index is 811. The van der Waals surface area contributed by atoms with Crippen LogP contribution in [0.25, 0.3) is 0 Å². The first-order valence-electron chi connectivity index (χ1n) is 7.76. The monoisotopic (exact) mass is 357 g/mol. The second kappa shape index (κ2) is 7.51. The average Bonchev–Trinajstić information content (AvgIpc) is 2.56. The van der Waals surface area contributed by atoms with Crippen molar-refractivity contribution in [2.24, 2.45) is 5.92 Å². The van der Waals surface area contributed by atoms with Crippen LogP contribution in [0.4, 0.5) is 0 Å². The van der Waals surface area contributed by atoms with Crippen molar-refractivity contribution < 1.29 is 14.6 Å². The van der Waals surface area contributed by atoms with Gasteiger partial charge in [0.25, 0.3) is 0 Å². The van der Waals surface area contributed by atoms with E-state index in [0.717, 1.165) is 23.4 Å². The van der Waals surface area contributed by atoms with Gasteiger partial charge in [-0.05, 0) is 23.8 Å². The summed E-state index contributed by atoms with van der Waals surface area (Å²) < 4.78 is 5.70. The van der Waals surface area contributed by atoms with Gasteiger partial charge in [0, 0.05) is 31.4 Å². The van der Waals surface area contributed by atoms with Gasteiger partial charge in [-0.2, -0.15) is 5.26 Å². The van der Waals surface area contributed by atoms with Crippen LogP contribution in [-0.4, -0.2) is 34.0 Å². The van der Waals surface area contributed by atoms with E-state index in [2.05, 4.69) is 9.88 Å². The third kappa shape index (κ3) is 4.27. The number of carbonyl (C=O) groups is 1. The lowest BCUT2D eigenvalue weighted by molar-refractivity contribution is -0.147. The van der Waals surface area contributed by atoms with Crippen LogP contribution >= 0.6 is 11.6 Å². The second-order valence-corrected chi connectivity index (χ2v) is 6.35. The predicted molar refractivity (Wildman–Crippen MR) is 91.1 cm³/mol. The van der Waals surface area contributed by atoms with Crippen LogP contribution in [0, 0.1) is 17.2 Å². The molecule has 1 aromatic heterocycles. The number of nitrogens with zero attached hydrogens (tertiary/aromatic N) is 3. The van der Waals surface area contributed by atoms with E-state index in [4.69, 9.17) is 26.7 Å². The molecular weight excluding hydrogens is 342 g/mol. The van der Waals surface area contributed by atoms with E-state index >= 15 is 0 Å². The van der Waals surface area contributed by atoms with Crippen LogP contribution < -0.4 is 4.74 Å². The zero-order chi connectivity index (χ0) is 17.8. The first kappa shape index (κ1) is 17.2. The first-order chi connectivity index (χ1) is 12.0. The van der Waals surface area contributed by atoms with Crippen LogP contribution in [0.15, 0.2) is 36.5 Å². The van der Waals surface area contributed by atoms with Crippen LogP contribution in [0.2, 0.25) is 5.02 Å². The maximum Gasteiger partial charge on any atom is 0.309 e. The van der Waals surface area contributed by atoms with Gasteiger partial charge in [-0.25, -0.2) is 4.98 Å². The summed E-state index contributed by atoms with van der Waals surface area (Å²) in [5, 5.41) is 18.0. The standard InChI is InChI=1S/C18H16ClN3O3/c19-16-5-13(7-21-17(16)6-20)11-25-15-3-1-12(2-4-15)8-22-9-14(10-22)18(23)24/h1-5,7,14H,8-11H2,(H,23,24). The molecule has 0 bridgehead atoms. The number of hydrogen-bond donors (Lipinski definition) is 1. The van der Waals surface area contributed by atoms with Crippen LogP contribution in [0.3, 0.4) is 0 Å². The molecule has 2 heterocycles. The largest absolute Gasteiger partial charge is 0.489 e. The molecule has 0 unspecified atom stereocenters. The second-order valence-electron chi connectivity index (χ2n) is 5.95. The number of pyridine rings is 1. The number of nitriles is 1. The Morgan fingerprint density at radius 1 is 1.36 bits per heavy atom. The highest BCUT2D eigenvalue weighted by Gasteiger charge is 2.32. The van der Waals surface area contributed by atoms with Crippen LogP contribution in [0.1, 0.15) is 16.8 Å². The van der Waals surface area contributed by atoms with E-state index in [1.165, 1.54) is 0 Å². The van der Waals surface area contributed by atoms with Gasteiger partial charge in [0.1, 0.15) is 18.4 Å². The number of aliphatic carboxylic acids is 1. The van der Waals surface area contributed by atoms with Crippen molar-refractivity contribution in [3.63, 3.8) is 0 Å². The van der Waals surface area contributed by atoms with Crippen molar-refractivity contribution in [2.75, 3.05) is 13.1 Å².